The lowest BCUT2D eigenvalue weighted by Gasteiger charge is -2.26. The summed E-state index contributed by atoms with van der Waals surface area (Å²) >= 11 is 0. The number of hydrogen-bond donors (Lipinski definition) is 0. The minimum absolute atomic E-state index is 0.785. The number of ether oxygens (including phenoxy) is 1. The Morgan fingerprint density at radius 1 is 0.857 bits per heavy atom. The third-order valence-corrected chi connectivity index (χ3v) is 5.90. The SMILES string of the molecule is CCCCOc1ccc(C#Cc2ccc(CCC3CCC(C)CC3)cc2)cc1. The van der Waals surface area contributed by atoms with Gasteiger partial charge in [-0.25, -0.2) is 0 Å². The first kappa shape index (κ1) is 20.5. The first-order valence-electron chi connectivity index (χ1n) is 11.1. The van der Waals surface area contributed by atoms with Crippen molar-refractivity contribution in [3.05, 3.63) is 65.2 Å². The molecule has 0 N–H and O–H groups in total. The van der Waals surface area contributed by atoms with E-state index in [1.54, 1.807) is 0 Å². The lowest BCUT2D eigenvalue weighted by molar-refractivity contribution is 0.278. The first-order chi connectivity index (χ1) is 13.7. The molecule has 1 aliphatic rings. The highest BCUT2D eigenvalue weighted by Crippen LogP contribution is 2.31. The molecule has 1 heteroatoms. The van der Waals surface area contributed by atoms with Crippen LogP contribution in [0.1, 0.15) is 75.5 Å². The molecule has 28 heavy (non-hydrogen) atoms. The van der Waals surface area contributed by atoms with Crippen molar-refractivity contribution in [2.45, 2.75) is 65.2 Å². The number of benzene rings is 2. The predicted molar refractivity (Wildman–Crippen MR) is 119 cm³/mol. The van der Waals surface area contributed by atoms with E-state index in [9.17, 15) is 0 Å². The zero-order valence-electron chi connectivity index (χ0n) is 17.5. The summed E-state index contributed by atoms with van der Waals surface area (Å²) < 4.78 is 5.70. The van der Waals surface area contributed by atoms with Gasteiger partial charge < -0.3 is 4.74 Å². The molecule has 0 unspecified atom stereocenters. The van der Waals surface area contributed by atoms with Crippen molar-refractivity contribution in [1.82, 2.24) is 0 Å². The summed E-state index contributed by atoms with van der Waals surface area (Å²) in [6.45, 7) is 5.35. The summed E-state index contributed by atoms with van der Waals surface area (Å²) in [5.41, 5.74) is 3.55. The largest absolute Gasteiger partial charge is 0.494 e. The summed E-state index contributed by atoms with van der Waals surface area (Å²) in [5, 5.41) is 0. The highest BCUT2D eigenvalue weighted by Gasteiger charge is 2.17. The molecule has 148 valence electrons. The van der Waals surface area contributed by atoms with Crippen LogP contribution in [-0.2, 0) is 6.42 Å². The highest BCUT2D eigenvalue weighted by molar-refractivity contribution is 5.44. The molecule has 1 nitrogen and oxygen atoms in total. The second-order valence-electron chi connectivity index (χ2n) is 8.34. The first-order valence-corrected chi connectivity index (χ1v) is 11.1. The summed E-state index contributed by atoms with van der Waals surface area (Å²) in [4.78, 5) is 0. The topological polar surface area (TPSA) is 9.23 Å². The van der Waals surface area contributed by atoms with Crippen LogP contribution in [0.3, 0.4) is 0 Å². The van der Waals surface area contributed by atoms with E-state index in [4.69, 9.17) is 4.74 Å². The van der Waals surface area contributed by atoms with Gasteiger partial charge in [0.05, 0.1) is 6.61 Å². The Hall–Kier alpha value is -2.20. The Labute approximate surface area is 171 Å². The highest BCUT2D eigenvalue weighted by atomic mass is 16.5. The lowest BCUT2D eigenvalue weighted by Crippen LogP contribution is -2.12. The van der Waals surface area contributed by atoms with Crippen molar-refractivity contribution < 1.29 is 4.74 Å². The van der Waals surface area contributed by atoms with Crippen molar-refractivity contribution in [2.75, 3.05) is 6.61 Å². The Morgan fingerprint density at radius 3 is 2.07 bits per heavy atom. The van der Waals surface area contributed by atoms with Crippen molar-refractivity contribution in [3.63, 3.8) is 0 Å². The third-order valence-electron chi connectivity index (χ3n) is 5.90. The average molecular weight is 375 g/mol. The van der Waals surface area contributed by atoms with Crippen LogP contribution in [0, 0.1) is 23.7 Å². The molecule has 1 aliphatic carbocycles. The van der Waals surface area contributed by atoms with Gasteiger partial charge in [-0.2, -0.15) is 0 Å². The Kier molecular flexibility index (Phi) is 8.04. The predicted octanol–water partition coefficient (Wildman–Crippen LogP) is 7.02. The second kappa shape index (κ2) is 11.0. The van der Waals surface area contributed by atoms with Crippen LogP contribution in [0.5, 0.6) is 5.75 Å². The fourth-order valence-electron chi connectivity index (χ4n) is 3.86. The van der Waals surface area contributed by atoms with Crippen molar-refractivity contribution >= 4 is 0 Å². The monoisotopic (exact) mass is 374 g/mol. The van der Waals surface area contributed by atoms with Gasteiger partial charge in [0.2, 0.25) is 0 Å². The van der Waals surface area contributed by atoms with Gasteiger partial charge in [0, 0.05) is 11.1 Å². The lowest BCUT2D eigenvalue weighted by atomic mass is 9.80. The van der Waals surface area contributed by atoms with Gasteiger partial charge in [0.25, 0.3) is 0 Å². The maximum atomic E-state index is 5.70. The van der Waals surface area contributed by atoms with Gasteiger partial charge in [0.1, 0.15) is 5.75 Å². The Balaban J connectivity index is 1.47. The van der Waals surface area contributed by atoms with Crippen LogP contribution in [0.4, 0.5) is 0 Å². The summed E-state index contributed by atoms with van der Waals surface area (Å²) in [5.74, 6) is 9.34. The molecule has 0 heterocycles. The van der Waals surface area contributed by atoms with E-state index in [1.807, 2.05) is 24.3 Å². The van der Waals surface area contributed by atoms with Crippen molar-refractivity contribution in [1.29, 1.82) is 0 Å². The van der Waals surface area contributed by atoms with E-state index >= 15 is 0 Å². The number of rotatable bonds is 7. The van der Waals surface area contributed by atoms with Crippen molar-refractivity contribution in [2.24, 2.45) is 11.8 Å². The molecule has 1 saturated carbocycles. The molecule has 0 radical (unpaired) electrons. The normalized spacial score (nSPS) is 18.9. The Morgan fingerprint density at radius 2 is 1.46 bits per heavy atom. The molecule has 2 aromatic carbocycles. The second-order valence-corrected chi connectivity index (χ2v) is 8.34. The van der Waals surface area contributed by atoms with E-state index in [1.165, 1.54) is 44.1 Å². The fraction of sp³-hybridized carbons (Fsp3) is 0.481. The van der Waals surface area contributed by atoms with E-state index in [0.717, 1.165) is 48.2 Å². The molecule has 0 atom stereocenters. The standard InChI is InChI=1S/C27H34O/c1-3-4-21-28-27-19-17-26(18-20-27)16-15-25-13-11-24(12-14-25)10-9-23-7-5-22(2)6-8-23/h11-14,17-20,22-23H,3-10,21H2,1-2H3. The van der Waals surface area contributed by atoms with E-state index in [2.05, 4.69) is 50.0 Å². The maximum Gasteiger partial charge on any atom is 0.119 e. The number of unbranched alkanes of at least 4 members (excludes halogenated alkanes) is 1. The van der Waals surface area contributed by atoms with Gasteiger partial charge in [-0.1, -0.05) is 69.9 Å². The van der Waals surface area contributed by atoms with E-state index in [-0.39, 0.29) is 0 Å². The molecule has 0 aromatic heterocycles. The molecule has 0 saturated heterocycles. The molecule has 0 bridgehead atoms. The van der Waals surface area contributed by atoms with Crippen LogP contribution in [0.2, 0.25) is 0 Å². The fourth-order valence-corrected chi connectivity index (χ4v) is 3.86. The van der Waals surface area contributed by atoms with Crippen LogP contribution in [-0.4, -0.2) is 6.61 Å². The third kappa shape index (κ3) is 6.75. The molecule has 0 amide bonds. The van der Waals surface area contributed by atoms with Gasteiger partial charge in [-0.3, -0.25) is 0 Å². The van der Waals surface area contributed by atoms with Crippen LogP contribution >= 0.6 is 0 Å². The van der Waals surface area contributed by atoms with Crippen LogP contribution in [0.15, 0.2) is 48.5 Å². The van der Waals surface area contributed by atoms with Gasteiger partial charge in [-0.15, -0.1) is 0 Å². The van der Waals surface area contributed by atoms with Crippen LogP contribution in [0.25, 0.3) is 0 Å². The Bertz CT molecular complexity index is 753. The summed E-state index contributed by atoms with van der Waals surface area (Å²) in [6, 6.07) is 16.9. The number of hydrogen-bond acceptors (Lipinski definition) is 1. The quantitative estimate of drug-likeness (QED) is 0.373. The number of aryl methyl sites for hydroxylation is 1. The minimum atomic E-state index is 0.785. The zero-order valence-corrected chi connectivity index (χ0v) is 17.5. The van der Waals surface area contributed by atoms with Crippen LogP contribution < -0.4 is 4.74 Å². The molecular formula is C27H34O. The molecule has 3 rings (SSSR count). The average Bonchev–Trinajstić information content (AvgIpc) is 2.74. The molecule has 2 aromatic rings. The molecule has 0 aliphatic heterocycles. The van der Waals surface area contributed by atoms with E-state index in [0.29, 0.717) is 0 Å². The van der Waals surface area contributed by atoms with E-state index < -0.39 is 0 Å². The minimum Gasteiger partial charge on any atom is -0.494 e. The van der Waals surface area contributed by atoms with Gasteiger partial charge in [-0.05, 0) is 73.1 Å². The summed E-state index contributed by atoms with van der Waals surface area (Å²) in [7, 11) is 0. The van der Waals surface area contributed by atoms with Gasteiger partial charge in [0.15, 0.2) is 0 Å². The van der Waals surface area contributed by atoms with Gasteiger partial charge >= 0.3 is 0 Å². The zero-order chi connectivity index (χ0) is 19.6. The molecule has 1 fully saturated rings. The molecule has 0 spiro atoms. The maximum absolute atomic E-state index is 5.70. The van der Waals surface area contributed by atoms with Crippen molar-refractivity contribution in [3.8, 4) is 17.6 Å². The smallest absolute Gasteiger partial charge is 0.119 e. The molecular weight excluding hydrogens is 340 g/mol. The summed E-state index contributed by atoms with van der Waals surface area (Å²) in [6.07, 6.45) is 10.5.